The van der Waals surface area contributed by atoms with Crippen LogP contribution >= 0.6 is 0 Å². The number of amides is 1. The highest BCUT2D eigenvalue weighted by Crippen LogP contribution is 2.11. The second kappa shape index (κ2) is 7.46. The van der Waals surface area contributed by atoms with Gasteiger partial charge in [-0.05, 0) is 42.5 Å². The summed E-state index contributed by atoms with van der Waals surface area (Å²) in [6, 6.07) is 8.86. The van der Waals surface area contributed by atoms with Crippen LogP contribution in [0.5, 0.6) is 5.75 Å². The lowest BCUT2D eigenvalue weighted by Gasteiger charge is -2.07. The van der Waals surface area contributed by atoms with E-state index in [1.54, 1.807) is 0 Å². The number of methoxy groups -OCH3 is 1. The van der Waals surface area contributed by atoms with E-state index in [4.69, 9.17) is 4.74 Å². The van der Waals surface area contributed by atoms with Crippen LogP contribution in [-0.2, 0) is 4.74 Å². The van der Waals surface area contributed by atoms with Crippen LogP contribution in [0.1, 0.15) is 15.9 Å². The molecule has 0 aromatic heterocycles. The van der Waals surface area contributed by atoms with Crippen LogP contribution in [-0.4, -0.2) is 30.4 Å². The Balaban J connectivity index is 2.19. The van der Waals surface area contributed by atoms with E-state index in [2.05, 4.69) is 10.5 Å². The fourth-order valence-corrected chi connectivity index (χ4v) is 1.79. The third-order valence-electron chi connectivity index (χ3n) is 2.96. The molecule has 0 saturated carbocycles. The number of nitrogens with zero attached hydrogens (tertiary/aromatic N) is 1. The monoisotopic (exact) mass is 320 g/mol. The number of phenolic OH excluding ortho intramolecular Hbond substituents is 1. The quantitative estimate of drug-likeness (QED) is 0.657. The van der Waals surface area contributed by atoms with Crippen molar-refractivity contribution < 1.29 is 23.4 Å². The van der Waals surface area contributed by atoms with Gasteiger partial charge in [0.1, 0.15) is 5.75 Å². The predicted molar refractivity (Wildman–Crippen MR) is 80.3 cm³/mol. The summed E-state index contributed by atoms with van der Waals surface area (Å²) in [5, 5.41) is 13.1. The Morgan fingerprint density at radius 2 is 1.78 bits per heavy atom. The Morgan fingerprint density at radius 1 is 1.13 bits per heavy atom. The van der Waals surface area contributed by atoms with Gasteiger partial charge < -0.3 is 9.84 Å². The Bertz CT molecular complexity index is 731. The summed E-state index contributed by atoms with van der Waals surface area (Å²) in [5.41, 5.74) is 3.12. The lowest BCUT2D eigenvalue weighted by Crippen LogP contribution is -2.22. The zero-order valence-electron chi connectivity index (χ0n) is 12.2. The molecule has 120 valence electrons. The number of hydrazone groups is 1. The number of hydrogen-bond donors (Lipinski definition) is 2. The molecule has 2 aromatic carbocycles. The molecule has 23 heavy (non-hydrogen) atoms. The fourth-order valence-electron chi connectivity index (χ4n) is 1.79. The number of halogens is 2. The molecule has 0 bridgehead atoms. The topological polar surface area (TPSA) is 70.9 Å². The summed E-state index contributed by atoms with van der Waals surface area (Å²) in [4.78, 5) is 11.9. The highest BCUT2D eigenvalue weighted by Gasteiger charge is 2.10. The Morgan fingerprint density at radius 3 is 2.39 bits per heavy atom. The third kappa shape index (κ3) is 4.33. The van der Waals surface area contributed by atoms with E-state index in [1.165, 1.54) is 37.4 Å². The number of carbonyl (C=O) groups is 1. The van der Waals surface area contributed by atoms with Crippen molar-refractivity contribution in [3.63, 3.8) is 0 Å². The van der Waals surface area contributed by atoms with Gasteiger partial charge in [0.05, 0.1) is 12.3 Å². The molecular weight excluding hydrogens is 306 g/mol. The van der Waals surface area contributed by atoms with Crippen molar-refractivity contribution in [2.24, 2.45) is 5.10 Å². The number of ether oxygens (including phenoxy) is 1. The molecule has 0 atom stereocenters. The molecule has 0 spiro atoms. The van der Waals surface area contributed by atoms with Crippen molar-refractivity contribution in [3.8, 4) is 5.75 Å². The number of benzene rings is 2. The van der Waals surface area contributed by atoms with Gasteiger partial charge in [-0.25, -0.2) is 14.2 Å². The number of phenols is 1. The smallest absolute Gasteiger partial charge is 0.271 e. The molecule has 5 nitrogen and oxygen atoms in total. The third-order valence-corrected chi connectivity index (χ3v) is 2.96. The average molecular weight is 320 g/mol. The maximum absolute atomic E-state index is 13.3. The van der Waals surface area contributed by atoms with Gasteiger partial charge in [0.2, 0.25) is 0 Å². The fraction of sp³-hybridized carbons (Fsp3) is 0.125. The van der Waals surface area contributed by atoms with Crippen molar-refractivity contribution in [1.82, 2.24) is 5.43 Å². The second-order valence-corrected chi connectivity index (χ2v) is 4.61. The molecule has 0 aliphatic heterocycles. The van der Waals surface area contributed by atoms with Gasteiger partial charge in [0.15, 0.2) is 11.6 Å². The Hall–Kier alpha value is -2.80. The van der Waals surface area contributed by atoms with E-state index in [0.29, 0.717) is 0 Å². The van der Waals surface area contributed by atoms with Crippen molar-refractivity contribution in [2.75, 3.05) is 13.7 Å². The molecule has 0 radical (unpaired) electrons. The zero-order valence-corrected chi connectivity index (χ0v) is 12.2. The normalized spacial score (nSPS) is 11.3. The SMILES string of the molecule is COC/C(=N\NC(=O)c1ccc(O)cc1)c1ccc(F)c(F)c1. The zero-order chi connectivity index (χ0) is 16.8. The summed E-state index contributed by atoms with van der Waals surface area (Å²) >= 11 is 0. The molecule has 1 amide bonds. The lowest BCUT2D eigenvalue weighted by molar-refractivity contribution is 0.0954. The molecule has 0 unspecified atom stereocenters. The van der Waals surface area contributed by atoms with Crippen LogP contribution in [0.3, 0.4) is 0 Å². The van der Waals surface area contributed by atoms with E-state index >= 15 is 0 Å². The first kappa shape index (κ1) is 16.6. The van der Waals surface area contributed by atoms with Crippen molar-refractivity contribution in [2.45, 2.75) is 0 Å². The summed E-state index contributed by atoms with van der Waals surface area (Å²) < 4.78 is 31.2. The maximum Gasteiger partial charge on any atom is 0.271 e. The largest absolute Gasteiger partial charge is 0.508 e. The van der Waals surface area contributed by atoms with Gasteiger partial charge >= 0.3 is 0 Å². The molecule has 0 fully saturated rings. The number of hydrogen-bond acceptors (Lipinski definition) is 4. The molecule has 0 aliphatic rings. The van der Waals surface area contributed by atoms with Gasteiger partial charge in [-0.2, -0.15) is 5.10 Å². The van der Waals surface area contributed by atoms with Crippen molar-refractivity contribution in [3.05, 3.63) is 65.2 Å². The molecule has 0 saturated heterocycles. The van der Waals surface area contributed by atoms with E-state index in [0.717, 1.165) is 12.1 Å². The van der Waals surface area contributed by atoms with E-state index in [1.807, 2.05) is 0 Å². The van der Waals surface area contributed by atoms with Crippen LogP contribution < -0.4 is 5.43 Å². The summed E-state index contributed by atoms with van der Waals surface area (Å²) in [5.74, 6) is -2.47. The van der Waals surface area contributed by atoms with Crippen LogP contribution in [0, 0.1) is 11.6 Å². The Kier molecular flexibility index (Phi) is 5.37. The average Bonchev–Trinajstić information content (AvgIpc) is 2.54. The lowest BCUT2D eigenvalue weighted by atomic mass is 10.1. The van der Waals surface area contributed by atoms with E-state index in [9.17, 15) is 18.7 Å². The van der Waals surface area contributed by atoms with Gasteiger partial charge in [0.25, 0.3) is 5.91 Å². The molecule has 0 aliphatic carbocycles. The highest BCUT2D eigenvalue weighted by molar-refractivity contribution is 6.03. The summed E-state index contributed by atoms with van der Waals surface area (Å²) in [6.07, 6.45) is 0. The second-order valence-electron chi connectivity index (χ2n) is 4.61. The van der Waals surface area contributed by atoms with Gasteiger partial charge in [-0.15, -0.1) is 0 Å². The Labute approximate surface area is 131 Å². The molecule has 7 heteroatoms. The van der Waals surface area contributed by atoms with E-state index < -0.39 is 17.5 Å². The maximum atomic E-state index is 13.3. The van der Waals surface area contributed by atoms with Crippen molar-refractivity contribution in [1.29, 1.82) is 0 Å². The summed E-state index contributed by atoms with van der Waals surface area (Å²) in [6.45, 7) is 0.000923. The van der Waals surface area contributed by atoms with Crippen molar-refractivity contribution >= 4 is 11.6 Å². The minimum absolute atomic E-state index is 0.000923. The molecule has 2 aromatic rings. The molecular formula is C16H14F2N2O3. The first-order valence-corrected chi connectivity index (χ1v) is 6.61. The number of aromatic hydroxyl groups is 1. The highest BCUT2D eigenvalue weighted by atomic mass is 19.2. The number of rotatable bonds is 5. The van der Waals surface area contributed by atoms with Gasteiger partial charge in [-0.3, -0.25) is 4.79 Å². The van der Waals surface area contributed by atoms with Crippen LogP contribution in [0.15, 0.2) is 47.6 Å². The first-order valence-electron chi connectivity index (χ1n) is 6.61. The first-order chi connectivity index (χ1) is 11.0. The molecule has 2 rings (SSSR count). The predicted octanol–water partition coefficient (Wildman–Crippen LogP) is 2.45. The number of nitrogens with one attached hydrogen (secondary N) is 1. The molecule has 2 N–H and O–H groups in total. The van der Waals surface area contributed by atoms with Gasteiger partial charge in [0, 0.05) is 18.2 Å². The van der Waals surface area contributed by atoms with Gasteiger partial charge in [-0.1, -0.05) is 0 Å². The molecule has 0 heterocycles. The van der Waals surface area contributed by atoms with Crippen LogP contribution in [0.2, 0.25) is 0 Å². The van der Waals surface area contributed by atoms with E-state index in [-0.39, 0.29) is 29.2 Å². The minimum Gasteiger partial charge on any atom is -0.508 e. The standard InChI is InChI=1S/C16H14F2N2O3/c1-23-9-15(11-4-7-13(17)14(18)8-11)19-20-16(22)10-2-5-12(21)6-3-10/h2-8,21H,9H2,1H3,(H,20,22)/b19-15+. The van der Waals surface area contributed by atoms with Crippen LogP contribution in [0.25, 0.3) is 0 Å². The van der Waals surface area contributed by atoms with Crippen LogP contribution in [0.4, 0.5) is 8.78 Å². The number of carbonyl (C=O) groups excluding carboxylic acids is 1. The summed E-state index contributed by atoms with van der Waals surface area (Å²) in [7, 11) is 1.41. The minimum atomic E-state index is -1.02.